The monoisotopic (exact) mass is 203 g/mol. The van der Waals surface area contributed by atoms with Gasteiger partial charge in [0.2, 0.25) is 0 Å². The van der Waals surface area contributed by atoms with Crippen molar-refractivity contribution in [3.05, 3.63) is 17.5 Å². The number of halogens is 2. The molecule has 1 aromatic heterocycles. The Morgan fingerprint density at radius 3 is 2.71 bits per heavy atom. The second-order valence-electron chi connectivity index (χ2n) is 3.54. The van der Waals surface area contributed by atoms with Crippen LogP contribution in [0.25, 0.3) is 0 Å². The molecule has 0 atom stereocenters. The fraction of sp³-hybridized carbons (Fsp3) is 0.625. The maximum Gasteiger partial charge on any atom is 0.282 e. The van der Waals surface area contributed by atoms with Gasteiger partial charge in [-0.2, -0.15) is 5.10 Å². The first kappa shape index (κ1) is 9.54. The van der Waals surface area contributed by atoms with Crippen LogP contribution in [0.15, 0.2) is 6.20 Å². The van der Waals surface area contributed by atoms with Crippen LogP contribution in [0.5, 0.6) is 0 Å². The van der Waals surface area contributed by atoms with E-state index in [1.807, 2.05) is 0 Å². The van der Waals surface area contributed by atoms with Crippen molar-refractivity contribution >= 4 is 0 Å². The standard InChI is InChI=1S/C8H11F2N3O/c1-13-2-5(6(12-13)7(9)10)8(14)3-11-4-8/h2,7,11,14H,3-4H2,1H3. The summed E-state index contributed by atoms with van der Waals surface area (Å²) >= 11 is 0. The van der Waals surface area contributed by atoms with Gasteiger partial charge in [-0.25, -0.2) is 8.78 Å². The van der Waals surface area contributed by atoms with Gasteiger partial charge in [0.1, 0.15) is 11.3 Å². The highest BCUT2D eigenvalue weighted by Gasteiger charge is 2.41. The first-order valence-electron chi connectivity index (χ1n) is 4.28. The molecule has 0 amide bonds. The number of nitrogens with one attached hydrogen (secondary N) is 1. The average Bonchev–Trinajstić information content (AvgIpc) is 2.43. The van der Waals surface area contributed by atoms with Crippen LogP contribution in [0.3, 0.4) is 0 Å². The highest BCUT2D eigenvalue weighted by atomic mass is 19.3. The van der Waals surface area contributed by atoms with Gasteiger partial charge in [-0.15, -0.1) is 0 Å². The van der Waals surface area contributed by atoms with Crippen LogP contribution in [-0.2, 0) is 12.6 Å². The van der Waals surface area contributed by atoms with Crippen LogP contribution in [0, 0.1) is 0 Å². The molecule has 1 aliphatic heterocycles. The number of alkyl halides is 2. The smallest absolute Gasteiger partial charge is 0.282 e. The van der Waals surface area contributed by atoms with Gasteiger partial charge in [-0.1, -0.05) is 0 Å². The highest BCUT2D eigenvalue weighted by Crippen LogP contribution is 2.32. The van der Waals surface area contributed by atoms with Crippen LogP contribution >= 0.6 is 0 Å². The van der Waals surface area contributed by atoms with Gasteiger partial charge in [-0.05, 0) is 0 Å². The molecule has 14 heavy (non-hydrogen) atoms. The summed E-state index contributed by atoms with van der Waals surface area (Å²) in [7, 11) is 1.56. The van der Waals surface area contributed by atoms with E-state index in [1.54, 1.807) is 7.05 Å². The van der Waals surface area contributed by atoms with Crippen LogP contribution in [0.1, 0.15) is 17.7 Å². The lowest BCUT2D eigenvalue weighted by atomic mass is 9.88. The minimum absolute atomic E-state index is 0.230. The third-order valence-corrected chi connectivity index (χ3v) is 2.40. The summed E-state index contributed by atoms with van der Waals surface area (Å²) in [6.45, 7) is 0.608. The molecule has 0 saturated carbocycles. The quantitative estimate of drug-likeness (QED) is 0.719. The number of aromatic nitrogens is 2. The highest BCUT2D eigenvalue weighted by molar-refractivity contribution is 5.29. The molecule has 0 unspecified atom stereocenters. The maximum atomic E-state index is 12.5. The predicted octanol–water partition coefficient (Wildman–Crippen LogP) is 0.148. The fourth-order valence-corrected chi connectivity index (χ4v) is 1.58. The van der Waals surface area contributed by atoms with Crippen molar-refractivity contribution in [2.75, 3.05) is 13.1 Å². The topological polar surface area (TPSA) is 50.1 Å². The summed E-state index contributed by atoms with van der Waals surface area (Å²) in [6.07, 6.45) is -1.20. The van der Waals surface area contributed by atoms with Gasteiger partial charge in [0.25, 0.3) is 6.43 Å². The molecule has 2 heterocycles. The van der Waals surface area contributed by atoms with Gasteiger partial charge in [0.15, 0.2) is 0 Å². The molecule has 78 valence electrons. The largest absolute Gasteiger partial charge is 0.382 e. The van der Waals surface area contributed by atoms with E-state index in [0.29, 0.717) is 13.1 Å². The number of hydrogen-bond acceptors (Lipinski definition) is 3. The van der Waals surface area contributed by atoms with Crippen molar-refractivity contribution in [1.29, 1.82) is 0 Å². The lowest BCUT2D eigenvalue weighted by Crippen LogP contribution is -2.57. The third kappa shape index (κ3) is 1.31. The maximum absolute atomic E-state index is 12.5. The zero-order chi connectivity index (χ0) is 10.3. The molecule has 6 heteroatoms. The summed E-state index contributed by atoms with van der Waals surface area (Å²) in [6, 6.07) is 0. The molecule has 1 fully saturated rings. The average molecular weight is 203 g/mol. The molecule has 2 N–H and O–H groups in total. The lowest BCUT2D eigenvalue weighted by molar-refractivity contribution is -0.0182. The first-order chi connectivity index (χ1) is 6.53. The Labute approximate surface area is 79.5 Å². The van der Waals surface area contributed by atoms with Gasteiger partial charge < -0.3 is 10.4 Å². The number of aliphatic hydroxyl groups is 1. The van der Waals surface area contributed by atoms with E-state index in [1.165, 1.54) is 10.9 Å². The van der Waals surface area contributed by atoms with E-state index in [9.17, 15) is 13.9 Å². The van der Waals surface area contributed by atoms with Gasteiger partial charge >= 0.3 is 0 Å². The second-order valence-corrected chi connectivity index (χ2v) is 3.54. The molecular weight excluding hydrogens is 192 g/mol. The molecule has 0 radical (unpaired) electrons. The van der Waals surface area contributed by atoms with Crippen LogP contribution in [0.2, 0.25) is 0 Å². The van der Waals surface area contributed by atoms with E-state index in [0.717, 1.165) is 0 Å². The van der Waals surface area contributed by atoms with Crippen molar-refractivity contribution in [1.82, 2.24) is 15.1 Å². The zero-order valence-corrected chi connectivity index (χ0v) is 7.67. The van der Waals surface area contributed by atoms with Gasteiger partial charge in [0.05, 0.1) is 0 Å². The number of hydrogen-bond donors (Lipinski definition) is 2. The predicted molar refractivity (Wildman–Crippen MR) is 44.9 cm³/mol. The van der Waals surface area contributed by atoms with Gasteiger partial charge in [0, 0.05) is 31.9 Å². The minimum Gasteiger partial charge on any atom is -0.382 e. The van der Waals surface area contributed by atoms with E-state index in [4.69, 9.17) is 0 Å². The Morgan fingerprint density at radius 1 is 1.64 bits per heavy atom. The number of β-amino-alcohol motifs (C(OH)–C–C–N with tert-alkyl or cyclic N) is 1. The molecule has 2 rings (SSSR count). The number of aryl methyl sites for hydroxylation is 1. The summed E-state index contributed by atoms with van der Waals surface area (Å²) < 4.78 is 26.3. The molecule has 0 aliphatic carbocycles. The number of nitrogens with zero attached hydrogens (tertiary/aromatic N) is 2. The lowest BCUT2D eigenvalue weighted by Gasteiger charge is -2.37. The molecular formula is C8H11F2N3O. The summed E-state index contributed by atoms with van der Waals surface area (Å²) in [4.78, 5) is 0. The van der Waals surface area contributed by atoms with E-state index < -0.39 is 12.0 Å². The molecule has 0 aromatic carbocycles. The molecule has 1 aliphatic rings. The van der Waals surface area contributed by atoms with E-state index >= 15 is 0 Å². The molecule has 4 nitrogen and oxygen atoms in total. The minimum atomic E-state index is -2.64. The normalized spacial score (nSPS) is 19.8. The van der Waals surface area contributed by atoms with Crippen molar-refractivity contribution in [3.8, 4) is 0 Å². The zero-order valence-electron chi connectivity index (χ0n) is 7.67. The van der Waals surface area contributed by atoms with Gasteiger partial charge in [-0.3, -0.25) is 4.68 Å². The number of rotatable bonds is 2. The Balaban J connectivity index is 2.40. The van der Waals surface area contributed by atoms with E-state index in [-0.39, 0.29) is 11.3 Å². The third-order valence-electron chi connectivity index (χ3n) is 2.40. The Bertz CT molecular complexity index is 346. The van der Waals surface area contributed by atoms with Crippen molar-refractivity contribution in [2.45, 2.75) is 12.0 Å². The van der Waals surface area contributed by atoms with Crippen LogP contribution in [0.4, 0.5) is 8.78 Å². The molecule has 1 aromatic rings. The van der Waals surface area contributed by atoms with Crippen LogP contribution in [-0.4, -0.2) is 28.0 Å². The molecule has 0 bridgehead atoms. The second kappa shape index (κ2) is 2.99. The summed E-state index contributed by atoms with van der Waals surface area (Å²) in [5, 5.41) is 16.4. The van der Waals surface area contributed by atoms with Crippen molar-refractivity contribution in [3.63, 3.8) is 0 Å². The SMILES string of the molecule is Cn1cc(C2(O)CNC2)c(C(F)F)n1. The van der Waals surface area contributed by atoms with E-state index in [2.05, 4.69) is 10.4 Å². The summed E-state index contributed by atoms with van der Waals surface area (Å²) in [5.74, 6) is 0. The van der Waals surface area contributed by atoms with Crippen molar-refractivity contribution < 1.29 is 13.9 Å². The Morgan fingerprint density at radius 2 is 2.29 bits per heavy atom. The van der Waals surface area contributed by atoms with Crippen molar-refractivity contribution in [2.24, 2.45) is 7.05 Å². The molecule has 0 spiro atoms. The van der Waals surface area contributed by atoms with Crippen LogP contribution < -0.4 is 5.32 Å². The fourth-order valence-electron chi connectivity index (χ4n) is 1.58. The molecule has 1 saturated heterocycles. The Kier molecular flexibility index (Phi) is 2.04. The Hall–Kier alpha value is -1.01. The summed E-state index contributed by atoms with van der Waals surface area (Å²) in [5.41, 5.74) is -1.26. The first-order valence-corrected chi connectivity index (χ1v) is 4.28.